The molecule has 1 aliphatic rings. The van der Waals surface area contributed by atoms with Gasteiger partial charge in [0.05, 0.1) is 0 Å². The van der Waals surface area contributed by atoms with E-state index in [0.717, 1.165) is 50.0 Å². The number of furan rings is 1. The molecule has 246 valence electrons. The summed E-state index contributed by atoms with van der Waals surface area (Å²) in [5, 5.41) is 7.20. The Labute approximate surface area is 305 Å². The lowest BCUT2D eigenvalue weighted by atomic mass is 9.82. The van der Waals surface area contributed by atoms with Crippen molar-refractivity contribution in [2.45, 2.75) is 19.3 Å². The highest BCUT2D eigenvalue weighted by Crippen LogP contribution is 2.51. The van der Waals surface area contributed by atoms with E-state index in [4.69, 9.17) is 4.42 Å². The lowest BCUT2D eigenvalue weighted by Crippen LogP contribution is -2.15. The van der Waals surface area contributed by atoms with Gasteiger partial charge in [0.15, 0.2) is 0 Å². The molecule has 0 saturated carbocycles. The molecule has 52 heavy (non-hydrogen) atoms. The van der Waals surface area contributed by atoms with Gasteiger partial charge in [-0.25, -0.2) is 0 Å². The third-order valence-corrected chi connectivity index (χ3v) is 12.4. The monoisotopic (exact) mass is 683 g/mol. The van der Waals surface area contributed by atoms with E-state index < -0.39 is 0 Å². The van der Waals surface area contributed by atoms with Crippen molar-refractivity contribution in [3.05, 3.63) is 175 Å². The van der Waals surface area contributed by atoms with Crippen LogP contribution in [0.3, 0.4) is 0 Å². The number of anilines is 3. The molecular weight excluding hydrogens is 651 g/mol. The number of benzene rings is 8. The van der Waals surface area contributed by atoms with Crippen LogP contribution in [0.15, 0.2) is 168 Å². The summed E-state index contributed by atoms with van der Waals surface area (Å²) in [6.45, 7) is 4.69. The third kappa shape index (κ3) is 4.23. The Hall–Kier alpha value is -6.16. The molecule has 0 unspecified atom stereocenters. The standard InChI is InChI=1S/C49H33NOS/c1-49(2)42-16-8-5-13-36(42)40-28-33(23-25-43(40)49)50(34-24-26-46-41(29-34)37-14-7-10-18-45(37)52-46)32-21-19-30(20-22-32)39-27-31-11-3-4-12-35(31)48-47(39)38-15-6-9-17-44(38)51-48/h3-29H,1-2H3. The first-order chi connectivity index (χ1) is 25.5. The fourth-order valence-corrected chi connectivity index (χ4v) is 9.81. The first-order valence-corrected chi connectivity index (χ1v) is 18.7. The minimum Gasteiger partial charge on any atom is -0.455 e. The fraction of sp³-hybridized carbons (Fsp3) is 0.0612. The molecule has 8 aromatic carbocycles. The van der Waals surface area contributed by atoms with Gasteiger partial charge in [0.2, 0.25) is 0 Å². The van der Waals surface area contributed by atoms with Gasteiger partial charge in [0, 0.05) is 58.8 Å². The second-order valence-corrected chi connectivity index (χ2v) is 15.6. The molecule has 1 aliphatic carbocycles. The first kappa shape index (κ1) is 29.6. The number of fused-ring (bicyclic) bond motifs is 11. The molecule has 2 aromatic heterocycles. The molecule has 0 aliphatic heterocycles. The number of para-hydroxylation sites is 1. The lowest BCUT2D eigenvalue weighted by Gasteiger charge is -2.27. The summed E-state index contributed by atoms with van der Waals surface area (Å²) < 4.78 is 9.15. The van der Waals surface area contributed by atoms with Crippen LogP contribution in [0.25, 0.3) is 75.1 Å². The van der Waals surface area contributed by atoms with Gasteiger partial charge in [-0.3, -0.25) is 0 Å². The molecule has 11 rings (SSSR count). The van der Waals surface area contributed by atoms with Gasteiger partial charge in [0.1, 0.15) is 11.2 Å². The van der Waals surface area contributed by atoms with E-state index in [1.807, 2.05) is 17.4 Å². The Morgan fingerprint density at radius 1 is 0.481 bits per heavy atom. The quantitative estimate of drug-likeness (QED) is 0.184. The number of hydrogen-bond donors (Lipinski definition) is 0. The molecule has 0 saturated heterocycles. The minimum absolute atomic E-state index is 0.0477. The van der Waals surface area contributed by atoms with E-state index in [-0.39, 0.29) is 5.41 Å². The van der Waals surface area contributed by atoms with Gasteiger partial charge in [-0.15, -0.1) is 11.3 Å². The molecular formula is C49H33NOS. The van der Waals surface area contributed by atoms with Crippen LogP contribution < -0.4 is 4.90 Å². The Bertz CT molecular complexity index is 3050. The fourth-order valence-electron chi connectivity index (χ4n) is 8.73. The first-order valence-electron chi connectivity index (χ1n) is 17.9. The lowest BCUT2D eigenvalue weighted by molar-refractivity contribution is 0.660. The second kappa shape index (κ2) is 10.9. The van der Waals surface area contributed by atoms with Crippen molar-refractivity contribution in [3.63, 3.8) is 0 Å². The van der Waals surface area contributed by atoms with E-state index in [9.17, 15) is 0 Å². The predicted molar refractivity (Wildman–Crippen MR) is 222 cm³/mol. The van der Waals surface area contributed by atoms with Gasteiger partial charge < -0.3 is 9.32 Å². The SMILES string of the molecule is CC1(C)c2ccccc2-c2cc(N(c3ccc(-c4cc5ccccc5c5oc6ccccc6c45)cc3)c3ccc4sc5ccccc5c4c3)ccc21. The van der Waals surface area contributed by atoms with Crippen LogP contribution in [-0.2, 0) is 5.41 Å². The second-order valence-electron chi connectivity index (χ2n) is 14.5. The van der Waals surface area contributed by atoms with E-state index in [0.29, 0.717) is 0 Å². The zero-order valence-electron chi connectivity index (χ0n) is 28.9. The van der Waals surface area contributed by atoms with E-state index in [1.54, 1.807) is 0 Å². The molecule has 0 bridgehead atoms. The molecule has 0 amide bonds. The summed E-state index contributed by atoms with van der Waals surface area (Å²) in [6, 6.07) is 60.0. The molecule has 2 heterocycles. The molecule has 0 radical (unpaired) electrons. The molecule has 2 nitrogen and oxygen atoms in total. The largest absolute Gasteiger partial charge is 0.455 e. The van der Waals surface area contributed by atoms with Gasteiger partial charge in [-0.05, 0) is 99.4 Å². The van der Waals surface area contributed by atoms with Crippen LogP contribution in [0.2, 0.25) is 0 Å². The number of rotatable bonds is 4. The zero-order chi connectivity index (χ0) is 34.6. The Morgan fingerprint density at radius 3 is 2.02 bits per heavy atom. The summed E-state index contributed by atoms with van der Waals surface area (Å²) in [6.07, 6.45) is 0. The van der Waals surface area contributed by atoms with Crippen LogP contribution >= 0.6 is 11.3 Å². The topological polar surface area (TPSA) is 16.4 Å². The average Bonchev–Trinajstić information content (AvgIpc) is 3.83. The maximum Gasteiger partial charge on any atom is 0.143 e. The zero-order valence-corrected chi connectivity index (χ0v) is 29.7. The molecule has 0 atom stereocenters. The maximum atomic E-state index is 6.53. The molecule has 0 spiro atoms. The van der Waals surface area contributed by atoms with Gasteiger partial charge in [-0.2, -0.15) is 0 Å². The van der Waals surface area contributed by atoms with Gasteiger partial charge >= 0.3 is 0 Å². The van der Waals surface area contributed by atoms with Crippen LogP contribution in [0.5, 0.6) is 0 Å². The smallest absolute Gasteiger partial charge is 0.143 e. The number of thiophene rings is 1. The summed E-state index contributed by atoms with van der Waals surface area (Å²) in [5.74, 6) is 0. The predicted octanol–water partition coefficient (Wildman–Crippen LogP) is 14.6. The Morgan fingerprint density at radius 2 is 1.13 bits per heavy atom. The Balaban J connectivity index is 1.11. The van der Waals surface area contributed by atoms with Crippen LogP contribution in [0, 0.1) is 0 Å². The molecule has 0 N–H and O–H groups in total. The molecule has 3 heteroatoms. The van der Waals surface area contributed by atoms with Gasteiger partial charge in [-0.1, -0.05) is 117 Å². The summed E-state index contributed by atoms with van der Waals surface area (Å²) in [5.41, 5.74) is 12.9. The van der Waals surface area contributed by atoms with Crippen molar-refractivity contribution >= 4 is 81.3 Å². The van der Waals surface area contributed by atoms with Crippen molar-refractivity contribution in [1.82, 2.24) is 0 Å². The highest BCUT2D eigenvalue weighted by atomic mass is 32.1. The normalized spacial score (nSPS) is 13.3. The highest BCUT2D eigenvalue weighted by Gasteiger charge is 2.35. The Kier molecular flexibility index (Phi) is 6.21. The summed E-state index contributed by atoms with van der Waals surface area (Å²) in [7, 11) is 0. The minimum atomic E-state index is -0.0477. The number of nitrogens with zero attached hydrogens (tertiary/aromatic N) is 1. The van der Waals surface area contributed by atoms with E-state index >= 15 is 0 Å². The van der Waals surface area contributed by atoms with E-state index in [1.165, 1.54) is 53.4 Å². The van der Waals surface area contributed by atoms with E-state index in [2.05, 4.69) is 176 Å². The summed E-state index contributed by atoms with van der Waals surface area (Å²) in [4.78, 5) is 2.42. The highest BCUT2D eigenvalue weighted by molar-refractivity contribution is 7.25. The summed E-state index contributed by atoms with van der Waals surface area (Å²) >= 11 is 1.86. The van der Waals surface area contributed by atoms with Crippen molar-refractivity contribution < 1.29 is 4.42 Å². The van der Waals surface area contributed by atoms with Crippen molar-refractivity contribution in [2.24, 2.45) is 0 Å². The van der Waals surface area contributed by atoms with Crippen LogP contribution in [0.4, 0.5) is 17.1 Å². The molecule has 10 aromatic rings. The van der Waals surface area contributed by atoms with Crippen molar-refractivity contribution in [1.29, 1.82) is 0 Å². The average molecular weight is 684 g/mol. The number of hydrogen-bond acceptors (Lipinski definition) is 3. The van der Waals surface area contributed by atoms with Gasteiger partial charge in [0.25, 0.3) is 0 Å². The van der Waals surface area contributed by atoms with Crippen LogP contribution in [0.1, 0.15) is 25.0 Å². The molecule has 0 fully saturated rings. The maximum absolute atomic E-state index is 6.53. The van der Waals surface area contributed by atoms with Crippen molar-refractivity contribution in [3.8, 4) is 22.3 Å². The van der Waals surface area contributed by atoms with Crippen LogP contribution in [-0.4, -0.2) is 0 Å². The van der Waals surface area contributed by atoms with Crippen molar-refractivity contribution in [2.75, 3.05) is 4.90 Å². The third-order valence-electron chi connectivity index (χ3n) is 11.3.